The van der Waals surface area contributed by atoms with Gasteiger partial charge in [-0.2, -0.15) is 0 Å². The summed E-state index contributed by atoms with van der Waals surface area (Å²) < 4.78 is 21.8. The van der Waals surface area contributed by atoms with Crippen LogP contribution in [0.5, 0.6) is 11.5 Å². The number of fused-ring (bicyclic) bond motifs is 2. The molecule has 0 N–H and O–H groups in total. The Morgan fingerprint density at radius 3 is 2.65 bits per heavy atom. The van der Waals surface area contributed by atoms with Gasteiger partial charge in [-0.3, -0.25) is 4.98 Å². The van der Waals surface area contributed by atoms with Crippen LogP contribution in [0, 0.1) is 0 Å². The number of ether oxygens (including phenoxy) is 2. The predicted molar refractivity (Wildman–Crippen MR) is 124 cm³/mol. The number of carbonyl (C=O) groups is 1. The minimum atomic E-state index is -0.666. The van der Waals surface area contributed by atoms with Gasteiger partial charge >= 0.3 is 17.2 Å². The summed E-state index contributed by atoms with van der Waals surface area (Å²) in [6.45, 7) is 2.26. The van der Waals surface area contributed by atoms with E-state index in [9.17, 15) is 14.4 Å². The van der Waals surface area contributed by atoms with Crippen molar-refractivity contribution in [2.45, 2.75) is 6.92 Å². The summed E-state index contributed by atoms with van der Waals surface area (Å²) in [5.74, 6) is 0.0286. The molecule has 0 aliphatic rings. The molecule has 5 aromatic rings. The van der Waals surface area contributed by atoms with Crippen LogP contribution in [-0.2, 0) is 0 Å². The van der Waals surface area contributed by atoms with Gasteiger partial charge in [0.1, 0.15) is 11.3 Å². The molecule has 0 bridgehead atoms. The van der Waals surface area contributed by atoms with Crippen molar-refractivity contribution in [3.05, 3.63) is 99.5 Å². The average molecular weight is 455 g/mol. The summed E-state index contributed by atoms with van der Waals surface area (Å²) in [6, 6.07) is 15.9. The number of hydrogen-bond donors (Lipinski definition) is 0. The molecule has 0 aliphatic carbocycles. The molecule has 5 rings (SSSR count). The second-order valence-electron chi connectivity index (χ2n) is 7.32. The van der Waals surface area contributed by atoms with Gasteiger partial charge in [0.05, 0.1) is 17.7 Å². The Morgan fingerprint density at radius 2 is 1.85 bits per heavy atom. The molecular weight excluding hydrogens is 438 g/mol. The number of pyridine rings is 1. The molecule has 0 unspecified atom stereocenters. The Morgan fingerprint density at radius 1 is 0.971 bits per heavy atom. The molecule has 8 heteroatoms. The van der Waals surface area contributed by atoms with Crippen molar-refractivity contribution in [1.29, 1.82) is 0 Å². The first-order chi connectivity index (χ1) is 16.5. The van der Waals surface area contributed by atoms with Crippen LogP contribution in [0.25, 0.3) is 33.1 Å². The van der Waals surface area contributed by atoms with E-state index in [4.69, 9.17) is 18.3 Å². The number of aromatic nitrogens is 1. The zero-order chi connectivity index (χ0) is 23.7. The van der Waals surface area contributed by atoms with Crippen LogP contribution in [0.3, 0.4) is 0 Å². The summed E-state index contributed by atoms with van der Waals surface area (Å²) in [5, 5.41) is 1.12. The summed E-state index contributed by atoms with van der Waals surface area (Å²) in [7, 11) is 0. The van der Waals surface area contributed by atoms with E-state index in [1.54, 1.807) is 54.7 Å². The van der Waals surface area contributed by atoms with E-state index in [1.807, 2.05) is 6.92 Å². The largest absolute Gasteiger partial charge is 0.490 e. The average Bonchev–Trinajstić information content (AvgIpc) is 2.84. The van der Waals surface area contributed by atoms with Gasteiger partial charge in [0.2, 0.25) is 0 Å². The second kappa shape index (κ2) is 8.67. The van der Waals surface area contributed by atoms with Crippen LogP contribution in [-0.4, -0.2) is 17.6 Å². The second-order valence-corrected chi connectivity index (χ2v) is 7.32. The third-order valence-electron chi connectivity index (χ3n) is 5.14. The number of para-hydroxylation sites is 1. The third kappa shape index (κ3) is 3.93. The van der Waals surface area contributed by atoms with Crippen LogP contribution >= 0.6 is 0 Å². The quantitative estimate of drug-likeness (QED) is 0.215. The van der Waals surface area contributed by atoms with Crippen molar-refractivity contribution in [1.82, 2.24) is 4.98 Å². The van der Waals surface area contributed by atoms with Gasteiger partial charge in [-0.1, -0.05) is 12.1 Å². The fourth-order valence-electron chi connectivity index (χ4n) is 3.65. The molecule has 0 radical (unpaired) electrons. The number of rotatable bonds is 5. The van der Waals surface area contributed by atoms with Crippen LogP contribution in [0.1, 0.15) is 17.3 Å². The first-order valence-corrected chi connectivity index (χ1v) is 10.4. The fraction of sp³-hybridized carbons (Fsp3) is 0.0769. The lowest BCUT2D eigenvalue weighted by Crippen LogP contribution is -2.09. The number of hydrogen-bond acceptors (Lipinski definition) is 8. The minimum Gasteiger partial charge on any atom is -0.490 e. The Kier molecular flexibility index (Phi) is 5.39. The third-order valence-corrected chi connectivity index (χ3v) is 5.14. The normalized spacial score (nSPS) is 11.0. The molecule has 8 nitrogen and oxygen atoms in total. The highest BCUT2D eigenvalue weighted by molar-refractivity contribution is 5.97. The lowest BCUT2D eigenvalue weighted by Gasteiger charge is -2.09. The lowest BCUT2D eigenvalue weighted by atomic mass is 10.0. The van der Waals surface area contributed by atoms with E-state index >= 15 is 0 Å². The summed E-state index contributed by atoms with van der Waals surface area (Å²) in [4.78, 5) is 41.4. The van der Waals surface area contributed by atoms with Gasteiger partial charge in [0.25, 0.3) is 0 Å². The van der Waals surface area contributed by atoms with Gasteiger partial charge in [-0.25, -0.2) is 14.4 Å². The number of carbonyl (C=O) groups excluding carboxylic acids is 1. The zero-order valence-electron chi connectivity index (χ0n) is 17.9. The van der Waals surface area contributed by atoms with Crippen molar-refractivity contribution in [2.24, 2.45) is 0 Å². The van der Waals surface area contributed by atoms with E-state index in [-0.39, 0.29) is 22.5 Å². The SMILES string of the molecule is CCOc1cccc2cc(-c3cc(=O)oc4cc(OC(=O)c5cccnc5)ccc34)c(=O)oc12. The number of benzene rings is 2. The maximum Gasteiger partial charge on any atom is 0.345 e. The molecule has 34 heavy (non-hydrogen) atoms. The Bertz CT molecular complexity index is 1650. The van der Waals surface area contributed by atoms with Gasteiger partial charge in [0, 0.05) is 40.9 Å². The van der Waals surface area contributed by atoms with Crippen LogP contribution in [0.2, 0.25) is 0 Å². The molecule has 0 spiro atoms. The highest BCUT2D eigenvalue weighted by atomic mass is 16.5. The smallest absolute Gasteiger partial charge is 0.345 e. The molecular formula is C26H17NO7. The highest BCUT2D eigenvalue weighted by Gasteiger charge is 2.17. The molecule has 0 atom stereocenters. The topological polar surface area (TPSA) is 109 Å². The number of esters is 1. The van der Waals surface area contributed by atoms with Crippen LogP contribution in [0.15, 0.2) is 91.5 Å². The van der Waals surface area contributed by atoms with Gasteiger partial charge in [-0.05, 0) is 43.3 Å². The minimum absolute atomic E-state index is 0.154. The molecule has 3 aromatic heterocycles. The molecule has 0 saturated heterocycles. The van der Waals surface area contributed by atoms with Crippen molar-refractivity contribution in [3.63, 3.8) is 0 Å². The molecule has 0 saturated carbocycles. The van der Waals surface area contributed by atoms with Crippen molar-refractivity contribution in [3.8, 4) is 22.6 Å². The molecule has 168 valence electrons. The van der Waals surface area contributed by atoms with Gasteiger partial charge in [-0.15, -0.1) is 0 Å². The molecule has 3 heterocycles. The van der Waals surface area contributed by atoms with E-state index in [0.717, 1.165) is 0 Å². The summed E-state index contributed by atoms with van der Waals surface area (Å²) >= 11 is 0. The first-order valence-electron chi connectivity index (χ1n) is 10.4. The molecule has 0 aliphatic heterocycles. The fourth-order valence-corrected chi connectivity index (χ4v) is 3.65. The summed E-state index contributed by atoms with van der Waals surface area (Å²) in [6.07, 6.45) is 2.93. The van der Waals surface area contributed by atoms with Crippen LogP contribution < -0.4 is 20.7 Å². The predicted octanol–water partition coefficient (Wildman–Crippen LogP) is 4.58. The highest BCUT2D eigenvalue weighted by Crippen LogP contribution is 2.32. The zero-order valence-corrected chi connectivity index (χ0v) is 17.9. The Labute approximate surface area is 192 Å². The standard InChI is InChI=1S/C26H17NO7/c1-2-31-21-7-3-5-15-11-20(26(30)34-24(15)21)19-13-23(28)33-22-12-17(8-9-18(19)22)32-25(29)16-6-4-10-27-14-16/h3-14H,2H2,1H3. The van der Waals surface area contributed by atoms with Crippen LogP contribution in [0.4, 0.5) is 0 Å². The summed E-state index contributed by atoms with van der Waals surface area (Å²) in [5.41, 5.74) is 0.00181. The van der Waals surface area contributed by atoms with E-state index in [2.05, 4.69) is 4.98 Å². The number of nitrogens with zero attached hydrogens (tertiary/aromatic N) is 1. The van der Waals surface area contributed by atoms with Crippen molar-refractivity contribution < 1.29 is 23.1 Å². The maximum atomic E-state index is 12.9. The molecule has 2 aromatic carbocycles. The Hall–Kier alpha value is -4.72. The molecule has 0 fully saturated rings. The van der Waals surface area contributed by atoms with Gasteiger partial charge < -0.3 is 18.3 Å². The lowest BCUT2D eigenvalue weighted by molar-refractivity contribution is 0.0734. The van der Waals surface area contributed by atoms with E-state index < -0.39 is 17.2 Å². The van der Waals surface area contributed by atoms with E-state index in [1.165, 1.54) is 18.3 Å². The monoisotopic (exact) mass is 455 g/mol. The van der Waals surface area contributed by atoms with Gasteiger partial charge in [0.15, 0.2) is 11.3 Å². The van der Waals surface area contributed by atoms with Crippen molar-refractivity contribution >= 4 is 27.9 Å². The first kappa shape index (κ1) is 21.1. The Balaban J connectivity index is 1.60. The maximum absolute atomic E-state index is 12.9. The van der Waals surface area contributed by atoms with Crippen molar-refractivity contribution in [2.75, 3.05) is 6.61 Å². The molecule has 0 amide bonds. The van der Waals surface area contributed by atoms with E-state index in [0.29, 0.717) is 34.3 Å².